The van der Waals surface area contributed by atoms with E-state index in [1.54, 1.807) is 25.1 Å². The third kappa shape index (κ3) is 4.22. The number of methoxy groups -OCH3 is 1. The average molecular weight is 331 g/mol. The number of ether oxygens (including phenoxy) is 2. The van der Waals surface area contributed by atoms with E-state index in [1.807, 2.05) is 0 Å². The minimum Gasteiger partial charge on any atom is -0.495 e. The smallest absolute Gasteiger partial charge is 0.332 e. The highest BCUT2D eigenvalue weighted by Gasteiger charge is 2.23. The van der Waals surface area contributed by atoms with Crippen LogP contribution in [0.4, 0.5) is 5.69 Å². The molecule has 1 aromatic rings. The Morgan fingerprint density at radius 2 is 2.16 bits per heavy atom. The molecule has 7 heteroatoms. The van der Waals surface area contributed by atoms with Crippen LogP contribution in [-0.2, 0) is 14.3 Å². The summed E-state index contributed by atoms with van der Waals surface area (Å²) in [7, 11) is 1.51. The van der Waals surface area contributed by atoms with Gasteiger partial charge in [-0.3, -0.25) is 4.79 Å². The first-order valence-corrected chi connectivity index (χ1v) is 6.35. The number of hydrogen-bond acceptors (Lipinski definition) is 5. The van der Waals surface area contributed by atoms with Crippen molar-refractivity contribution in [3.8, 4) is 5.75 Å². The second-order valence-corrected chi connectivity index (χ2v) is 4.42. The number of halogens is 1. The Bertz CT molecular complexity index is 479. The molecule has 1 aromatic carbocycles. The lowest BCUT2D eigenvalue weighted by Crippen LogP contribution is -2.43. The molecule has 0 aliphatic rings. The lowest BCUT2D eigenvalue weighted by Gasteiger charge is -2.12. The molecule has 1 amide bonds. The van der Waals surface area contributed by atoms with Crippen molar-refractivity contribution in [2.45, 2.75) is 13.0 Å². The van der Waals surface area contributed by atoms with Crippen molar-refractivity contribution >= 4 is 33.5 Å². The van der Waals surface area contributed by atoms with Gasteiger partial charge in [0.05, 0.1) is 18.2 Å². The summed E-state index contributed by atoms with van der Waals surface area (Å²) in [5, 5.41) is 2.52. The van der Waals surface area contributed by atoms with Gasteiger partial charge in [0.25, 0.3) is 5.91 Å². The van der Waals surface area contributed by atoms with Gasteiger partial charge in [0, 0.05) is 11.8 Å². The van der Waals surface area contributed by atoms with Gasteiger partial charge in [-0.15, -0.1) is 0 Å². The monoisotopic (exact) mass is 330 g/mol. The van der Waals surface area contributed by atoms with Crippen LogP contribution in [0, 0.1) is 0 Å². The van der Waals surface area contributed by atoms with E-state index >= 15 is 0 Å². The minimum atomic E-state index is -1.35. The third-order valence-corrected chi connectivity index (χ3v) is 2.90. The molecule has 1 rings (SSSR count). The second kappa shape index (κ2) is 7.10. The molecule has 0 spiro atoms. The molecule has 0 saturated carbocycles. The number of rotatable bonds is 5. The zero-order valence-corrected chi connectivity index (χ0v) is 12.2. The van der Waals surface area contributed by atoms with E-state index in [4.69, 9.17) is 10.5 Å². The highest BCUT2D eigenvalue weighted by atomic mass is 79.9. The summed E-state index contributed by atoms with van der Waals surface area (Å²) in [4.78, 5) is 23.0. The zero-order valence-electron chi connectivity index (χ0n) is 10.6. The van der Waals surface area contributed by atoms with Crippen LogP contribution < -0.4 is 15.8 Å². The highest BCUT2D eigenvalue weighted by molar-refractivity contribution is 9.10. The molecule has 0 heterocycles. The van der Waals surface area contributed by atoms with Crippen molar-refractivity contribution < 1.29 is 19.1 Å². The largest absolute Gasteiger partial charge is 0.495 e. The lowest BCUT2D eigenvalue weighted by atomic mass is 10.2. The molecule has 0 saturated heterocycles. The predicted octanol–water partition coefficient (Wildman–Crippen LogP) is 1.29. The molecule has 3 N–H and O–H groups in total. The maximum absolute atomic E-state index is 11.7. The standard InChI is InChI=1S/C12H15BrN2O4/c1-3-19-12(17)10(14)11(16)15-7-4-5-8(13)9(6-7)18-2/h4-6,10H,3,14H2,1-2H3,(H,15,16). The van der Waals surface area contributed by atoms with E-state index in [0.29, 0.717) is 11.4 Å². The van der Waals surface area contributed by atoms with Crippen LogP contribution in [0.2, 0.25) is 0 Å². The number of nitrogens with one attached hydrogen (secondary N) is 1. The molecule has 0 fully saturated rings. The molecule has 104 valence electrons. The summed E-state index contributed by atoms with van der Waals surface area (Å²) in [6, 6.07) is 3.63. The fraction of sp³-hybridized carbons (Fsp3) is 0.333. The van der Waals surface area contributed by atoms with Gasteiger partial charge in [0.2, 0.25) is 0 Å². The quantitative estimate of drug-likeness (QED) is 0.627. The molecule has 0 radical (unpaired) electrons. The lowest BCUT2D eigenvalue weighted by molar-refractivity contribution is -0.146. The fourth-order valence-electron chi connectivity index (χ4n) is 1.30. The number of carbonyl (C=O) groups excluding carboxylic acids is 2. The molecule has 0 aromatic heterocycles. The Morgan fingerprint density at radius 3 is 2.74 bits per heavy atom. The van der Waals surface area contributed by atoms with E-state index in [9.17, 15) is 9.59 Å². The van der Waals surface area contributed by atoms with Gasteiger partial charge in [-0.2, -0.15) is 0 Å². The Balaban J connectivity index is 2.74. The van der Waals surface area contributed by atoms with Gasteiger partial charge in [0.1, 0.15) is 5.75 Å². The molecule has 0 bridgehead atoms. The maximum atomic E-state index is 11.7. The second-order valence-electron chi connectivity index (χ2n) is 3.57. The van der Waals surface area contributed by atoms with Gasteiger partial charge < -0.3 is 20.5 Å². The summed E-state index contributed by atoms with van der Waals surface area (Å²) in [6.45, 7) is 1.81. The van der Waals surface area contributed by atoms with Crippen LogP contribution in [0.3, 0.4) is 0 Å². The Morgan fingerprint density at radius 1 is 1.47 bits per heavy atom. The van der Waals surface area contributed by atoms with Crippen molar-refractivity contribution in [2.24, 2.45) is 5.73 Å². The molecule has 1 atom stereocenters. The summed E-state index contributed by atoms with van der Waals surface area (Å²) in [6.07, 6.45) is 0. The van der Waals surface area contributed by atoms with Crippen LogP contribution in [0.25, 0.3) is 0 Å². The van der Waals surface area contributed by atoms with Gasteiger partial charge in [-0.1, -0.05) is 0 Å². The molecule has 0 aliphatic heterocycles. The van der Waals surface area contributed by atoms with Gasteiger partial charge in [0.15, 0.2) is 6.04 Å². The summed E-state index contributed by atoms with van der Waals surface area (Å²) < 4.78 is 10.5. The molecule has 19 heavy (non-hydrogen) atoms. The zero-order chi connectivity index (χ0) is 14.4. The summed E-state index contributed by atoms with van der Waals surface area (Å²) in [5.41, 5.74) is 5.94. The van der Waals surface area contributed by atoms with Gasteiger partial charge in [-0.05, 0) is 35.0 Å². The van der Waals surface area contributed by atoms with Gasteiger partial charge in [-0.25, -0.2) is 4.79 Å². The molecule has 0 aliphatic carbocycles. The number of anilines is 1. The fourth-order valence-corrected chi connectivity index (χ4v) is 1.71. The first kappa shape index (κ1) is 15.5. The number of carbonyl (C=O) groups is 2. The molecule has 1 unspecified atom stereocenters. The Labute approximate surface area is 119 Å². The number of benzene rings is 1. The van der Waals surface area contributed by atoms with Gasteiger partial charge >= 0.3 is 5.97 Å². The maximum Gasteiger partial charge on any atom is 0.332 e. The number of esters is 1. The highest BCUT2D eigenvalue weighted by Crippen LogP contribution is 2.27. The van der Waals surface area contributed by atoms with Crippen molar-refractivity contribution in [3.05, 3.63) is 22.7 Å². The van der Waals surface area contributed by atoms with Crippen molar-refractivity contribution in [1.82, 2.24) is 0 Å². The van der Waals surface area contributed by atoms with E-state index in [1.165, 1.54) is 7.11 Å². The van der Waals surface area contributed by atoms with E-state index < -0.39 is 17.9 Å². The molecular formula is C12H15BrN2O4. The van der Waals surface area contributed by atoms with Crippen LogP contribution >= 0.6 is 15.9 Å². The minimum absolute atomic E-state index is 0.173. The normalized spacial score (nSPS) is 11.6. The van der Waals surface area contributed by atoms with Crippen molar-refractivity contribution in [3.63, 3.8) is 0 Å². The van der Waals surface area contributed by atoms with Crippen LogP contribution in [0.5, 0.6) is 5.75 Å². The van der Waals surface area contributed by atoms with Crippen LogP contribution in [0.15, 0.2) is 22.7 Å². The average Bonchev–Trinajstić information content (AvgIpc) is 2.40. The first-order valence-electron chi connectivity index (χ1n) is 5.56. The van der Waals surface area contributed by atoms with Crippen molar-refractivity contribution in [2.75, 3.05) is 19.0 Å². The number of amides is 1. The van der Waals surface area contributed by atoms with E-state index in [-0.39, 0.29) is 6.61 Å². The van der Waals surface area contributed by atoms with Crippen LogP contribution in [0.1, 0.15) is 6.92 Å². The summed E-state index contributed by atoms with van der Waals surface area (Å²) in [5.74, 6) is -0.839. The summed E-state index contributed by atoms with van der Waals surface area (Å²) >= 11 is 3.29. The number of hydrogen-bond donors (Lipinski definition) is 2. The SMILES string of the molecule is CCOC(=O)C(N)C(=O)Nc1ccc(Br)c(OC)c1. The van der Waals surface area contributed by atoms with Crippen molar-refractivity contribution in [1.29, 1.82) is 0 Å². The molecular weight excluding hydrogens is 316 g/mol. The Hall–Kier alpha value is -1.60. The van der Waals surface area contributed by atoms with Crippen LogP contribution in [-0.4, -0.2) is 31.6 Å². The first-order chi connectivity index (χ1) is 8.99. The van der Waals surface area contributed by atoms with E-state index in [2.05, 4.69) is 26.0 Å². The topological polar surface area (TPSA) is 90.7 Å². The molecule has 6 nitrogen and oxygen atoms in total. The number of nitrogens with two attached hydrogens (primary N) is 1. The third-order valence-electron chi connectivity index (χ3n) is 2.24. The predicted molar refractivity (Wildman–Crippen MR) is 73.9 cm³/mol. The Kier molecular flexibility index (Phi) is 5.78. The van der Waals surface area contributed by atoms with E-state index in [0.717, 1.165) is 4.47 Å².